The van der Waals surface area contributed by atoms with E-state index in [1.54, 1.807) is 6.07 Å². The summed E-state index contributed by atoms with van der Waals surface area (Å²) in [4.78, 5) is 20.3. The molecule has 11 heteroatoms. The van der Waals surface area contributed by atoms with Crippen molar-refractivity contribution in [3.8, 4) is 5.75 Å². The first-order valence-corrected chi connectivity index (χ1v) is 9.95. The molecule has 0 aliphatic rings. The number of benzene rings is 2. The summed E-state index contributed by atoms with van der Waals surface area (Å²) in [7, 11) is 0. The Kier molecular flexibility index (Phi) is 7.34. The topological polar surface area (TPSA) is 159 Å². The van der Waals surface area contributed by atoms with Gasteiger partial charge in [-0.25, -0.2) is 0 Å². The number of non-ortho nitro benzene ring substituents is 1. The molecule has 0 bridgehead atoms. The summed E-state index contributed by atoms with van der Waals surface area (Å²) < 4.78 is 24.1. The molecule has 2 rings (SSSR count). The molecule has 0 aliphatic heterocycles. The van der Waals surface area contributed by atoms with Gasteiger partial charge in [-0.1, -0.05) is 0 Å². The van der Waals surface area contributed by atoms with Gasteiger partial charge in [-0.05, 0) is 12.1 Å². The SMILES string of the molecule is CC(=O)Nc1ccccc1[As](=O)(O)OO.O=[N+]([O-])c1ccc(O)cc1. The van der Waals surface area contributed by atoms with Gasteiger partial charge in [-0.3, -0.25) is 10.1 Å². The molecule has 10 nitrogen and oxygen atoms in total. The number of phenolic OH excluding ortho intramolecular Hbond substituents is 1. The van der Waals surface area contributed by atoms with Crippen LogP contribution in [0.2, 0.25) is 0 Å². The molecule has 2 aromatic rings. The molecule has 0 saturated carbocycles. The maximum absolute atomic E-state index is 11.4. The quantitative estimate of drug-likeness (QED) is 0.250. The molecular formula is C14H15AsN2O8. The van der Waals surface area contributed by atoms with E-state index in [0.29, 0.717) is 0 Å². The number of hydrogen-bond acceptors (Lipinski definition) is 7. The number of rotatable bonds is 4. The third-order valence-electron chi connectivity index (χ3n) is 2.69. The normalized spacial score (nSPS) is 12.3. The number of hydrogen-bond donors (Lipinski definition) is 4. The van der Waals surface area contributed by atoms with Gasteiger partial charge in [0.1, 0.15) is 5.75 Å². The van der Waals surface area contributed by atoms with Gasteiger partial charge in [0, 0.05) is 12.1 Å². The first kappa shape index (κ1) is 20.4. The number of aromatic hydroxyl groups is 1. The van der Waals surface area contributed by atoms with E-state index in [-0.39, 0.29) is 27.4 Å². The van der Waals surface area contributed by atoms with Crippen LogP contribution < -0.4 is 9.67 Å². The van der Waals surface area contributed by atoms with Crippen molar-refractivity contribution in [1.29, 1.82) is 0 Å². The van der Waals surface area contributed by atoms with Gasteiger partial charge < -0.3 is 5.11 Å². The molecule has 1 amide bonds. The number of nitrogens with one attached hydrogen (secondary N) is 1. The Morgan fingerprint density at radius 3 is 2.24 bits per heavy atom. The van der Waals surface area contributed by atoms with E-state index in [0.717, 1.165) is 0 Å². The number of nitrogens with zero attached hydrogens (tertiary/aromatic N) is 1. The van der Waals surface area contributed by atoms with Crippen LogP contribution >= 0.6 is 0 Å². The minimum atomic E-state index is -4.92. The molecule has 1 atom stereocenters. The average Bonchev–Trinajstić information content (AvgIpc) is 2.55. The van der Waals surface area contributed by atoms with Crippen LogP contribution in [0.25, 0.3) is 0 Å². The Bertz CT molecular complexity index is 794. The third-order valence-corrected chi connectivity index (χ3v) is 5.25. The van der Waals surface area contributed by atoms with Crippen LogP contribution in [0.5, 0.6) is 5.75 Å². The molecule has 2 aromatic carbocycles. The Balaban J connectivity index is 0.000000271. The number of anilines is 1. The molecule has 0 spiro atoms. The summed E-state index contributed by atoms with van der Waals surface area (Å²) in [6.07, 6.45) is 0. The van der Waals surface area contributed by atoms with Gasteiger partial charge in [-0.2, -0.15) is 0 Å². The second-order valence-electron chi connectivity index (χ2n) is 4.57. The minimum absolute atomic E-state index is 0.0159. The number of para-hydroxylation sites is 1. The molecular weight excluding hydrogens is 399 g/mol. The van der Waals surface area contributed by atoms with Crippen molar-refractivity contribution < 1.29 is 31.8 Å². The monoisotopic (exact) mass is 414 g/mol. The van der Waals surface area contributed by atoms with Gasteiger partial charge in [0.25, 0.3) is 5.69 Å². The van der Waals surface area contributed by atoms with Crippen molar-refractivity contribution in [1.82, 2.24) is 0 Å². The molecule has 0 aromatic heterocycles. The molecule has 0 aliphatic carbocycles. The molecule has 1 unspecified atom stereocenters. The van der Waals surface area contributed by atoms with E-state index in [1.807, 2.05) is 0 Å². The molecule has 0 heterocycles. The Hall–Kier alpha value is -2.65. The number of nitro groups is 1. The summed E-state index contributed by atoms with van der Waals surface area (Å²) in [5.41, 5.74) is 0.141. The van der Waals surface area contributed by atoms with Gasteiger partial charge in [0.2, 0.25) is 0 Å². The second kappa shape index (κ2) is 8.99. The number of carbonyl (C=O) groups is 1. The Labute approximate surface area is 144 Å². The molecule has 0 radical (unpaired) electrons. The predicted octanol–water partition coefficient (Wildman–Crippen LogP) is 1.00. The van der Waals surface area contributed by atoms with Crippen molar-refractivity contribution in [2.24, 2.45) is 0 Å². The predicted molar refractivity (Wildman–Crippen MR) is 87.5 cm³/mol. The van der Waals surface area contributed by atoms with E-state index in [4.69, 9.17) is 10.4 Å². The Morgan fingerprint density at radius 1 is 1.20 bits per heavy atom. The van der Waals surface area contributed by atoms with E-state index in [2.05, 4.69) is 9.19 Å². The molecule has 0 saturated heterocycles. The summed E-state index contributed by atoms with van der Waals surface area (Å²) >= 11 is -4.92. The van der Waals surface area contributed by atoms with E-state index < -0.39 is 19.1 Å². The fraction of sp³-hybridized carbons (Fsp3) is 0.0714. The number of phenols is 1. The van der Waals surface area contributed by atoms with Crippen molar-refractivity contribution in [3.63, 3.8) is 0 Å². The molecule has 25 heavy (non-hydrogen) atoms. The minimum Gasteiger partial charge on any atom is -0.508 e. The van der Waals surface area contributed by atoms with Crippen molar-refractivity contribution in [3.05, 3.63) is 58.6 Å². The zero-order valence-electron chi connectivity index (χ0n) is 12.9. The van der Waals surface area contributed by atoms with Crippen LogP contribution in [-0.4, -0.2) is 39.5 Å². The zero-order chi connectivity index (χ0) is 19.0. The largest absolute Gasteiger partial charge is 0.508 e. The smallest absolute Gasteiger partial charge is 0.269 e. The molecule has 4 N–H and O–H groups in total. The van der Waals surface area contributed by atoms with E-state index >= 15 is 0 Å². The third kappa shape index (κ3) is 6.40. The van der Waals surface area contributed by atoms with Gasteiger partial charge in [0.05, 0.1) is 4.92 Å². The second-order valence-corrected chi connectivity index (χ2v) is 8.11. The molecule has 134 valence electrons. The summed E-state index contributed by atoms with van der Waals surface area (Å²) in [5, 5.41) is 29.4. The maximum Gasteiger partial charge on any atom is 0.269 e. The van der Waals surface area contributed by atoms with Crippen LogP contribution in [0.15, 0.2) is 48.5 Å². The first-order valence-electron chi connectivity index (χ1n) is 6.64. The summed E-state index contributed by atoms with van der Waals surface area (Å²) in [6.45, 7) is 1.27. The Morgan fingerprint density at radius 2 is 1.76 bits per heavy atom. The number of carbonyl (C=O) groups excluding carboxylic acids is 1. The zero-order valence-corrected chi connectivity index (χ0v) is 14.8. The van der Waals surface area contributed by atoms with E-state index in [9.17, 15) is 22.7 Å². The standard InChI is InChI=1S/C8H10AsNO5.C6H5NO3/c1-6(11)10-8-5-3-2-4-7(8)9(12,13)15-14;8-6-3-1-5(2-4-6)7(9)10/h2-5,14H,1H3,(H,10,11)(H,12,13);1-4,8H. The van der Waals surface area contributed by atoms with Crippen LogP contribution in [0.3, 0.4) is 0 Å². The average molecular weight is 414 g/mol. The van der Waals surface area contributed by atoms with Crippen molar-refractivity contribution >= 4 is 35.8 Å². The van der Waals surface area contributed by atoms with Crippen LogP contribution in [0, 0.1) is 10.1 Å². The van der Waals surface area contributed by atoms with Gasteiger partial charge >= 0.3 is 88.4 Å². The van der Waals surface area contributed by atoms with Crippen molar-refractivity contribution in [2.45, 2.75) is 6.92 Å². The number of amides is 1. The van der Waals surface area contributed by atoms with Gasteiger partial charge in [-0.15, -0.1) is 0 Å². The first-order chi connectivity index (χ1) is 11.7. The number of nitro benzene ring substituents is 1. The van der Waals surface area contributed by atoms with Crippen LogP contribution in [-0.2, 0) is 12.4 Å². The van der Waals surface area contributed by atoms with Crippen LogP contribution in [0.1, 0.15) is 6.92 Å². The summed E-state index contributed by atoms with van der Waals surface area (Å²) in [6, 6.07) is 10.9. The van der Waals surface area contributed by atoms with Crippen LogP contribution in [0.4, 0.5) is 11.4 Å². The van der Waals surface area contributed by atoms with Crippen molar-refractivity contribution in [2.75, 3.05) is 5.32 Å². The molecule has 0 fully saturated rings. The van der Waals surface area contributed by atoms with Gasteiger partial charge in [0.15, 0.2) is 0 Å². The fourth-order valence-electron chi connectivity index (χ4n) is 1.63. The van der Waals surface area contributed by atoms with E-state index in [1.165, 1.54) is 49.4 Å². The maximum atomic E-state index is 11.4. The summed E-state index contributed by atoms with van der Waals surface area (Å²) in [5.74, 6) is -0.346. The fourth-order valence-corrected chi connectivity index (χ4v) is 3.31.